The van der Waals surface area contributed by atoms with Gasteiger partial charge in [0.15, 0.2) is 0 Å². The predicted octanol–water partition coefficient (Wildman–Crippen LogP) is 3.54. The van der Waals surface area contributed by atoms with E-state index < -0.39 is 10.0 Å². The lowest BCUT2D eigenvalue weighted by atomic mass is 10.00. The molecule has 6 heteroatoms. The number of benzene rings is 2. The number of hydrogen-bond donors (Lipinski definition) is 1. The molecule has 1 aliphatic rings. The normalized spacial score (nSPS) is 15.0. The van der Waals surface area contributed by atoms with E-state index in [0.717, 1.165) is 31.2 Å². The Hall–Kier alpha value is -2.34. The molecular formula is C22H28N2O3S. The number of amides is 1. The van der Waals surface area contributed by atoms with Gasteiger partial charge in [-0.3, -0.25) is 9.10 Å². The average Bonchev–Trinajstić information content (AvgIpc) is 2.72. The van der Waals surface area contributed by atoms with Gasteiger partial charge >= 0.3 is 0 Å². The van der Waals surface area contributed by atoms with Crippen molar-refractivity contribution in [2.24, 2.45) is 0 Å². The summed E-state index contributed by atoms with van der Waals surface area (Å²) < 4.78 is 26.1. The van der Waals surface area contributed by atoms with Gasteiger partial charge in [-0.15, -0.1) is 0 Å². The molecule has 1 amide bonds. The highest BCUT2D eigenvalue weighted by Gasteiger charge is 2.26. The van der Waals surface area contributed by atoms with E-state index in [2.05, 4.69) is 17.4 Å². The third-order valence-corrected chi connectivity index (χ3v) is 6.99. The number of nitrogens with zero attached hydrogens (tertiary/aromatic N) is 1. The Morgan fingerprint density at radius 3 is 2.64 bits per heavy atom. The van der Waals surface area contributed by atoms with Crippen LogP contribution in [0.4, 0.5) is 5.69 Å². The zero-order valence-electron chi connectivity index (χ0n) is 16.5. The summed E-state index contributed by atoms with van der Waals surface area (Å²) >= 11 is 0. The molecule has 1 aliphatic heterocycles. The zero-order valence-corrected chi connectivity index (χ0v) is 17.3. The van der Waals surface area contributed by atoms with Crippen molar-refractivity contribution in [1.29, 1.82) is 0 Å². The molecule has 2 aromatic rings. The molecule has 0 spiro atoms. The van der Waals surface area contributed by atoms with Crippen molar-refractivity contribution < 1.29 is 13.2 Å². The largest absolute Gasteiger partial charge is 0.350 e. The maximum atomic E-state index is 12.6. The Kier molecular flexibility index (Phi) is 6.39. The lowest BCUT2D eigenvalue weighted by Crippen LogP contribution is -2.37. The standard InChI is InChI=1S/C22H28N2O3S/c1-3-28(26,27)24-15-7-10-19-16-20(13-14-21(19)24)22(25)23-17(2)11-12-18-8-5-4-6-9-18/h4-6,8-9,13-14,16-17H,3,7,10-12,15H2,1-2H3,(H,23,25)/t17-/m0/s1. The molecule has 28 heavy (non-hydrogen) atoms. The SMILES string of the molecule is CCS(=O)(=O)N1CCCc2cc(C(=O)N[C@@H](C)CCc3ccccc3)ccc21. The zero-order chi connectivity index (χ0) is 20.1. The molecule has 0 bridgehead atoms. The van der Waals surface area contributed by atoms with Gasteiger partial charge in [0, 0.05) is 18.2 Å². The van der Waals surface area contributed by atoms with Gasteiger partial charge in [-0.2, -0.15) is 0 Å². The highest BCUT2D eigenvalue weighted by atomic mass is 32.2. The minimum Gasteiger partial charge on any atom is -0.350 e. The molecule has 1 heterocycles. The van der Waals surface area contributed by atoms with Crippen LogP contribution in [0, 0.1) is 0 Å². The lowest BCUT2D eigenvalue weighted by molar-refractivity contribution is 0.0938. The molecule has 0 unspecified atom stereocenters. The van der Waals surface area contributed by atoms with Gasteiger partial charge in [0.2, 0.25) is 10.0 Å². The Morgan fingerprint density at radius 2 is 1.93 bits per heavy atom. The van der Waals surface area contributed by atoms with Crippen molar-refractivity contribution in [1.82, 2.24) is 5.32 Å². The Labute approximate surface area is 167 Å². The number of hydrogen-bond acceptors (Lipinski definition) is 3. The van der Waals surface area contributed by atoms with E-state index in [1.165, 1.54) is 9.87 Å². The summed E-state index contributed by atoms with van der Waals surface area (Å²) in [4.78, 5) is 12.6. The van der Waals surface area contributed by atoms with Crippen molar-refractivity contribution in [3.05, 3.63) is 65.2 Å². The van der Waals surface area contributed by atoms with Crippen LogP contribution in [0.1, 0.15) is 48.2 Å². The molecule has 3 rings (SSSR count). The minimum absolute atomic E-state index is 0.0562. The fourth-order valence-corrected chi connectivity index (χ4v) is 4.75. The van der Waals surface area contributed by atoms with Crippen LogP contribution in [0.2, 0.25) is 0 Å². The van der Waals surface area contributed by atoms with Gasteiger partial charge in [0.1, 0.15) is 0 Å². The molecule has 2 aromatic carbocycles. The van der Waals surface area contributed by atoms with E-state index in [0.29, 0.717) is 17.8 Å². The van der Waals surface area contributed by atoms with Gasteiger partial charge in [0.05, 0.1) is 11.4 Å². The molecule has 150 valence electrons. The number of anilines is 1. The van der Waals surface area contributed by atoms with Crippen LogP contribution in [0.5, 0.6) is 0 Å². The van der Waals surface area contributed by atoms with Crippen molar-refractivity contribution >= 4 is 21.6 Å². The Morgan fingerprint density at radius 1 is 1.18 bits per heavy atom. The number of nitrogens with one attached hydrogen (secondary N) is 1. The second kappa shape index (κ2) is 8.78. The van der Waals surface area contributed by atoms with E-state index in [1.54, 1.807) is 19.1 Å². The van der Waals surface area contributed by atoms with Crippen LogP contribution in [0.25, 0.3) is 0 Å². The average molecular weight is 401 g/mol. The van der Waals surface area contributed by atoms with Gasteiger partial charge in [-0.05, 0) is 68.9 Å². The molecule has 0 saturated heterocycles. The van der Waals surface area contributed by atoms with Crippen LogP contribution in [-0.4, -0.2) is 32.7 Å². The molecule has 0 aromatic heterocycles. The van der Waals surface area contributed by atoms with E-state index in [4.69, 9.17) is 0 Å². The van der Waals surface area contributed by atoms with Crippen LogP contribution in [-0.2, 0) is 22.9 Å². The third-order valence-electron chi connectivity index (χ3n) is 5.20. The highest BCUT2D eigenvalue weighted by molar-refractivity contribution is 7.92. The van der Waals surface area contributed by atoms with Crippen molar-refractivity contribution in [2.75, 3.05) is 16.6 Å². The predicted molar refractivity (Wildman–Crippen MR) is 113 cm³/mol. The van der Waals surface area contributed by atoms with Crippen LogP contribution < -0.4 is 9.62 Å². The summed E-state index contributed by atoms with van der Waals surface area (Å²) in [5.41, 5.74) is 3.48. The van der Waals surface area contributed by atoms with Crippen LogP contribution >= 0.6 is 0 Å². The summed E-state index contributed by atoms with van der Waals surface area (Å²) in [6, 6.07) is 15.6. The van der Waals surface area contributed by atoms with Gasteiger partial charge < -0.3 is 5.32 Å². The molecule has 0 saturated carbocycles. The smallest absolute Gasteiger partial charge is 0.251 e. The van der Waals surface area contributed by atoms with Crippen LogP contribution in [0.3, 0.4) is 0 Å². The van der Waals surface area contributed by atoms with Crippen LogP contribution in [0.15, 0.2) is 48.5 Å². The topological polar surface area (TPSA) is 66.5 Å². The number of sulfonamides is 1. The van der Waals surface area contributed by atoms with E-state index in [1.807, 2.05) is 31.2 Å². The first-order chi connectivity index (χ1) is 13.4. The number of aryl methyl sites for hydroxylation is 2. The minimum atomic E-state index is -3.29. The Bertz CT molecular complexity index is 926. The Balaban J connectivity index is 1.66. The first kappa shape index (κ1) is 20.4. The number of carbonyl (C=O) groups is 1. The van der Waals surface area contributed by atoms with Crippen molar-refractivity contribution in [3.8, 4) is 0 Å². The summed E-state index contributed by atoms with van der Waals surface area (Å²) in [6.07, 6.45) is 3.33. The maximum absolute atomic E-state index is 12.6. The van der Waals surface area contributed by atoms with E-state index in [9.17, 15) is 13.2 Å². The number of carbonyl (C=O) groups excluding carboxylic acids is 1. The van der Waals surface area contributed by atoms with Gasteiger partial charge in [-0.1, -0.05) is 30.3 Å². The summed E-state index contributed by atoms with van der Waals surface area (Å²) in [5.74, 6) is -0.0352. The van der Waals surface area contributed by atoms with Crippen molar-refractivity contribution in [2.45, 2.75) is 45.6 Å². The first-order valence-corrected chi connectivity index (χ1v) is 11.5. The first-order valence-electron chi connectivity index (χ1n) is 9.89. The summed E-state index contributed by atoms with van der Waals surface area (Å²) in [6.45, 7) is 4.17. The second-order valence-corrected chi connectivity index (χ2v) is 9.50. The quantitative estimate of drug-likeness (QED) is 0.773. The van der Waals surface area contributed by atoms with Gasteiger partial charge in [-0.25, -0.2) is 8.42 Å². The van der Waals surface area contributed by atoms with E-state index in [-0.39, 0.29) is 17.7 Å². The van der Waals surface area contributed by atoms with E-state index >= 15 is 0 Å². The molecule has 0 aliphatic carbocycles. The number of fused-ring (bicyclic) bond motifs is 1. The summed E-state index contributed by atoms with van der Waals surface area (Å²) in [5, 5.41) is 3.06. The van der Waals surface area contributed by atoms with Gasteiger partial charge in [0.25, 0.3) is 5.91 Å². The fourth-order valence-electron chi connectivity index (χ4n) is 3.56. The molecular weight excluding hydrogens is 372 g/mol. The molecule has 0 fully saturated rings. The molecule has 1 N–H and O–H groups in total. The maximum Gasteiger partial charge on any atom is 0.251 e. The molecule has 5 nitrogen and oxygen atoms in total. The highest BCUT2D eigenvalue weighted by Crippen LogP contribution is 2.30. The summed E-state index contributed by atoms with van der Waals surface area (Å²) in [7, 11) is -3.29. The molecule has 0 radical (unpaired) electrons. The second-order valence-electron chi connectivity index (χ2n) is 7.32. The van der Waals surface area contributed by atoms with Crippen molar-refractivity contribution in [3.63, 3.8) is 0 Å². The fraction of sp³-hybridized carbons (Fsp3) is 0.409. The molecule has 1 atom stereocenters. The lowest BCUT2D eigenvalue weighted by Gasteiger charge is -2.30. The third kappa shape index (κ3) is 4.73. The number of rotatable bonds is 7. The monoisotopic (exact) mass is 400 g/mol.